The van der Waals surface area contributed by atoms with E-state index in [0.717, 1.165) is 56.4 Å². The van der Waals surface area contributed by atoms with Gasteiger partial charge in [0.1, 0.15) is 0 Å². The van der Waals surface area contributed by atoms with E-state index in [2.05, 4.69) is 68.7 Å². The number of benzene rings is 2. The van der Waals surface area contributed by atoms with Gasteiger partial charge in [-0.25, -0.2) is 0 Å². The number of rotatable bonds is 8. The first-order valence-electron chi connectivity index (χ1n) is 12.8. The minimum absolute atomic E-state index is 0.113. The number of nitrogens with two attached hydrogens (primary N) is 1. The molecule has 182 valence electrons. The van der Waals surface area contributed by atoms with E-state index in [-0.39, 0.29) is 11.9 Å². The quantitative estimate of drug-likeness (QED) is 0.545. The van der Waals surface area contributed by atoms with Crippen molar-refractivity contribution < 1.29 is 4.79 Å². The Bertz CT molecular complexity index is 948. The SMILES string of the molecule is CC(C)CCN(c1ccc(C#Cc2ccccc2)cc1)C1CCN(C(=O)C(N)CC(C)C)CC1. The van der Waals surface area contributed by atoms with Crippen molar-refractivity contribution in [3.8, 4) is 11.8 Å². The van der Waals surface area contributed by atoms with Crippen molar-refractivity contribution in [2.45, 2.75) is 65.5 Å². The molecule has 0 saturated carbocycles. The standard InChI is InChI=1S/C30H41N3O/c1-23(2)16-21-33(28-17-19-32(20-18-28)30(34)29(31)22-24(3)4)27-14-12-26(13-15-27)11-10-25-8-6-5-7-9-25/h5-9,12-15,23-24,28-29H,16-22,31H2,1-4H3. The highest BCUT2D eigenvalue weighted by atomic mass is 16.2. The van der Waals surface area contributed by atoms with Gasteiger partial charge in [-0.15, -0.1) is 0 Å². The molecule has 1 amide bonds. The average molecular weight is 460 g/mol. The van der Waals surface area contributed by atoms with E-state index in [1.807, 2.05) is 35.2 Å². The first-order valence-corrected chi connectivity index (χ1v) is 12.8. The van der Waals surface area contributed by atoms with Gasteiger partial charge >= 0.3 is 0 Å². The minimum atomic E-state index is -0.377. The molecule has 1 atom stereocenters. The molecule has 2 N–H and O–H groups in total. The summed E-state index contributed by atoms with van der Waals surface area (Å²) in [5.74, 6) is 7.71. The number of amides is 1. The van der Waals surface area contributed by atoms with Gasteiger partial charge in [-0.3, -0.25) is 4.79 Å². The van der Waals surface area contributed by atoms with Gasteiger partial charge in [-0.1, -0.05) is 57.7 Å². The fourth-order valence-electron chi connectivity index (χ4n) is 4.56. The maximum Gasteiger partial charge on any atom is 0.239 e. The van der Waals surface area contributed by atoms with Crippen molar-refractivity contribution in [2.24, 2.45) is 17.6 Å². The van der Waals surface area contributed by atoms with Crippen LogP contribution in [0.25, 0.3) is 0 Å². The largest absolute Gasteiger partial charge is 0.368 e. The Balaban J connectivity index is 1.66. The van der Waals surface area contributed by atoms with E-state index in [1.54, 1.807) is 0 Å². The summed E-state index contributed by atoms with van der Waals surface area (Å²) < 4.78 is 0. The van der Waals surface area contributed by atoms with E-state index in [9.17, 15) is 4.79 Å². The van der Waals surface area contributed by atoms with Gasteiger partial charge in [0.2, 0.25) is 5.91 Å². The smallest absolute Gasteiger partial charge is 0.239 e. The van der Waals surface area contributed by atoms with E-state index in [0.29, 0.717) is 17.9 Å². The van der Waals surface area contributed by atoms with E-state index < -0.39 is 0 Å². The van der Waals surface area contributed by atoms with E-state index in [1.165, 1.54) is 5.69 Å². The predicted octanol–water partition coefficient (Wildman–Crippen LogP) is 5.30. The molecule has 0 aromatic heterocycles. The fourth-order valence-corrected chi connectivity index (χ4v) is 4.56. The fraction of sp³-hybridized carbons (Fsp3) is 0.500. The Kier molecular flexibility index (Phi) is 9.60. The van der Waals surface area contributed by atoms with Crippen LogP contribution in [0.15, 0.2) is 54.6 Å². The van der Waals surface area contributed by atoms with Gasteiger partial charge in [0.05, 0.1) is 6.04 Å². The van der Waals surface area contributed by atoms with Crippen LogP contribution >= 0.6 is 0 Å². The van der Waals surface area contributed by atoms with E-state index >= 15 is 0 Å². The highest BCUT2D eigenvalue weighted by Gasteiger charge is 2.29. The number of carbonyl (C=O) groups is 1. The van der Waals surface area contributed by atoms with Crippen LogP contribution in [-0.4, -0.2) is 42.5 Å². The van der Waals surface area contributed by atoms with Crippen molar-refractivity contribution >= 4 is 11.6 Å². The molecule has 1 saturated heterocycles. The summed E-state index contributed by atoms with van der Waals surface area (Å²) in [6.45, 7) is 11.4. The van der Waals surface area contributed by atoms with Crippen molar-refractivity contribution in [1.29, 1.82) is 0 Å². The maximum atomic E-state index is 12.8. The van der Waals surface area contributed by atoms with Gasteiger partial charge in [0.25, 0.3) is 0 Å². The summed E-state index contributed by atoms with van der Waals surface area (Å²) >= 11 is 0. The number of hydrogen-bond donors (Lipinski definition) is 1. The number of likely N-dealkylation sites (tertiary alicyclic amines) is 1. The zero-order chi connectivity index (χ0) is 24.5. The number of anilines is 1. The number of hydrogen-bond acceptors (Lipinski definition) is 3. The van der Waals surface area contributed by atoms with Crippen LogP contribution in [0, 0.1) is 23.7 Å². The highest BCUT2D eigenvalue weighted by molar-refractivity contribution is 5.81. The first-order chi connectivity index (χ1) is 16.3. The molecular formula is C30H41N3O. The van der Waals surface area contributed by atoms with Crippen LogP contribution in [0.5, 0.6) is 0 Å². The third kappa shape index (κ3) is 7.64. The molecule has 0 bridgehead atoms. The second-order valence-electron chi connectivity index (χ2n) is 10.3. The van der Waals surface area contributed by atoms with Gasteiger partial charge < -0.3 is 15.5 Å². The Labute approximate surface area is 206 Å². The predicted molar refractivity (Wildman–Crippen MR) is 143 cm³/mol. The molecule has 1 heterocycles. The lowest BCUT2D eigenvalue weighted by atomic mass is 9.98. The van der Waals surface area contributed by atoms with Gasteiger partial charge in [0.15, 0.2) is 0 Å². The zero-order valence-electron chi connectivity index (χ0n) is 21.3. The molecular weight excluding hydrogens is 418 g/mol. The Morgan fingerprint density at radius 3 is 2.09 bits per heavy atom. The lowest BCUT2D eigenvalue weighted by Gasteiger charge is -2.41. The van der Waals surface area contributed by atoms with Crippen LogP contribution in [0.3, 0.4) is 0 Å². The van der Waals surface area contributed by atoms with Gasteiger partial charge in [-0.05, 0) is 73.9 Å². The lowest BCUT2D eigenvalue weighted by molar-refractivity contribution is -0.134. The molecule has 2 aromatic rings. The van der Waals surface area contributed by atoms with Gasteiger partial charge in [-0.2, -0.15) is 0 Å². The van der Waals surface area contributed by atoms with Crippen molar-refractivity contribution in [2.75, 3.05) is 24.5 Å². The van der Waals surface area contributed by atoms with Crippen molar-refractivity contribution in [3.05, 3.63) is 65.7 Å². The second kappa shape index (κ2) is 12.6. The van der Waals surface area contributed by atoms with Crippen molar-refractivity contribution in [1.82, 2.24) is 4.90 Å². The Morgan fingerprint density at radius 1 is 0.941 bits per heavy atom. The molecule has 1 aliphatic rings. The monoisotopic (exact) mass is 459 g/mol. The molecule has 0 radical (unpaired) electrons. The van der Waals surface area contributed by atoms with Crippen LogP contribution in [-0.2, 0) is 4.79 Å². The first kappa shape index (κ1) is 25.8. The summed E-state index contributed by atoms with van der Waals surface area (Å²) in [5.41, 5.74) is 9.47. The maximum absolute atomic E-state index is 12.8. The van der Waals surface area contributed by atoms with Crippen molar-refractivity contribution in [3.63, 3.8) is 0 Å². The summed E-state index contributed by atoms with van der Waals surface area (Å²) in [6.07, 6.45) is 3.86. The molecule has 3 rings (SSSR count). The molecule has 34 heavy (non-hydrogen) atoms. The molecule has 1 unspecified atom stereocenters. The van der Waals surface area contributed by atoms with Crippen LogP contribution in [0.1, 0.15) is 64.5 Å². The average Bonchev–Trinajstić information content (AvgIpc) is 2.83. The third-order valence-electron chi connectivity index (χ3n) is 6.53. The number of carbonyl (C=O) groups excluding carboxylic acids is 1. The molecule has 1 aliphatic heterocycles. The number of piperidine rings is 1. The highest BCUT2D eigenvalue weighted by Crippen LogP contribution is 2.26. The normalized spacial score (nSPS) is 15.2. The minimum Gasteiger partial charge on any atom is -0.368 e. The summed E-state index contributed by atoms with van der Waals surface area (Å²) in [4.78, 5) is 17.3. The molecule has 2 aromatic carbocycles. The van der Waals surface area contributed by atoms with Crippen LogP contribution in [0.4, 0.5) is 5.69 Å². The summed E-state index contributed by atoms with van der Waals surface area (Å²) in [7, 11) is 0. The Hall–Kier alpha value is -2.77. The van der Waals surface area contributed by atoms with Gasteiger partial charge in [0, 0.05) is 42.5 Å². The summed E-state index contributed by atoms with van der Waals surface area (Å²) in [6, 6.07) is 18.8. The molecule has 4 nitrogen and oxygen atoms in total. The number of nitrogens with zero attached hydrogens (tertiary/aromatic N) is 2. The molecule has 4 heteroatoms. The topological polar surface area (TPSA) is 49.6 Å². The Morgan fingerprint density at radius 2 is 1.53 bits per heavy atom. The lowest BCUT2D eigenvalue weighted by Crippen LogP contribution is -2.51. The van der Waals surface area contributed by atoms with E-state index in [4.69, 9.17) is 5.73 Å². The third-order valence-corrected chi connectivity index (χ3v) is 6.53. The zero-order valence-corrected chi connectivity index (χ0v) is 21.3. The van der Waals surface area contributed by atoms with Crippen LogP contribution < -0.4 is 10.6 Å². The molecule has 0 aliphatic carbocycles. The second-order valence-corrected chi connectivity index (χ2v) is 10.3. The van der Waals surface area contributed by atoms with Crippen LogP contribution in [0.2, 0.25) is 0 Å². The molecule has 0 spiro atoms. The summed E-state index contributed by atoms with van der Waals surface area (Å²) in [5, 5.41) is 0. The molecule has 1 fully saturated rings.